The van der Waals surface area contributed by atoms with Crippen molar-refractivity contribution in [3.05, 3.63) is 42.2 Å². The van der Waals surface area contributed by atoms with Crippen LogP contribution in [0.3, 0.4) is 0 Å². The molecule has 14 heavy (non-hydrogen) atoms. The van der Waals surface area contributed by atoms with Crippen LogP contribution >= 0.6 is 0 Å². The molecule has 4 heteroatoms. The number of carbonyl (C=O) groups excluding carboxylic acids is 1. The smallest absolute Gasteiger partial charge is 0.253 e. The van der Waals surface area contributed by atoms with E-state index < -0.39 is 5.82 Å². The number of benzene rings is 1. The molecular weight excluding hydrogens is 183 g/mol. The normalized spacial score (nSPS) is 9.50. The van der Waals surface area contributed by atoms with E-state index in [4.69, 9.17) is 5.73 Å². The second-order valence-corrected chi connectivity index (χ2v) is 2.73. The minimum atomic E-state index is -0.456. The fraction of sp³-hybridized carbons (Fsp3) is 0.100. The number of hydrogen-bond donors (Lipinski definition) is 2. The van der Waals surface area contributed by atoms with Crippen molar-refractivity contribution in [3.63, 3.8) is 0 Å². The maximum absolute atomic E-state index is 12.6. The Morgan fingerprint density at radius 3 is 2.93 bits per heavy atom. The van der Waals surface area contributed by atoms with Crippen molar-refractivity contribution in [2.75, 3.05) is 12.3 Å². The van der Waals surface area contributed by atoms with Gasteiger partial charge in [0.25, 0.3) is 5.91 Å². The predicted octanol–water partition coefficient (Wildman–Crippen LogP) is 1.32. The van der Waals surface area contributed by atoms with Gasteiger partial charge in [0.05, 0.1) is 5.56 Å². The lowest BCUT2D eigenvalue weighted by Gasteiger charge is -2.05. The van der Waals surface area contributed by atoms with Gasteiger partial charge < -0.3 is 11.1 Å². The summed E-state index contributed by atoms with van der Waals surface area (Å²) in [7, 11) is 0. The monoisotopic (exact) mass is 194 g/mol. The molecule has 1 aromatic rings. The first kappa shape index (κ1) is 10.2. The molecule has 0 aliphatic carbocycles. The Balaban J connectivity index is 2.84. The molecule has 0 saturated heterocycles. The molecule has 0 bridgehead atoms. The van der Waals surface area contributed by atoms with Gasteiger partial charge in [-0.2, -0.15) is 0 Å². The number of halogens is 1. The Bertz CT molecular complexity index is 363. The molecule has 0 spiro atoms. The van der Waals surface area contributed by atoms with Gasteiger partial charge in [0, 0.05) is 12.2 Å². The molecule has 1 rings (SSSR count). The van der Waals surface area contributed by atoms with Crippen LogP contribution in [0.1, 0.15) is 10.4 Å². The summed E-state index contributed by atoms with van der Waals surface area (Å²) in [5.41, 5.74) is 5.87. The van der Waals surface area contributed by atoms with Crippen LogP contribution in [0.4, 0.5) is 10.1 Å². The van der Waals surface area contributed by atoms with Crippen LogP contribution in [0.15, 0.2) is 30.9 Å². The first-order chi connectivity index (χ1) is 6.65. The van der Waals surface area contributed by atoms with E-state index in [1.54, 1.807) is 6.08 Å². The molecule has 0 fully saturated rings. The van der Waals surface area contributed by atoms with Gasteiger partial charge >= 0.3 is 0 Å². The number of anilines is 1. The molecule has 0 aliphatic rings. The van der Waals surface area contributed by atoms with Gasteiger partial charge in [-0.3, -0.25) is 4.79 Å². The van der Waals surface area contributed by atoms with Crippen molar-refractivity contribution in [3.8, 4) is 0 Å². The topological polar surface area (TPSA) is 55.1 Å². The number of nitrogens with two attached hydrogens (primary N) is 1. The van der Waals surface area contributed by atoms with Crippen molar-refractivity contribution in [2.24, 2.45) is 0 Å². The highest BCUT2D eigenvalue weighted by molar-refractivity contribution is 5.99. The van der Waals surface area contributed by atoms with Gasteiger partial charge in [0.15, 0.2) is 0 Å². The Morgan fingerprint density at radius 2 is 2.36 bits per heavy atom. The zero-order chi connectivity index (χ0) is 10.6. The molecule has 1 amide bonds. The number of amides is 1. The van der Waals surface area contributed by atoms with Crippen LogP contribution < -0.4 is 11.1 Å². The van der Waals surface area contributed by atoms with Gasteiger partial charge in [0.1, 0.15) is 5.82 Å². The molecule has 0 heterocycles. The molecule has 0 radical (unpaired) electrons. The van der Waals surface area contributed by atoms with Crippen molar-refractivity contribution in [1.82, 2.24) is 5.32 Å². The summed E-state index contributed by atoms with van der Waals surface area (Å²) in [6.07, 6.45) is 1.55. The number of nitrogen functional groups attached to an aromatic ring is 1. The molecule has 3 nitrogen and oxygen atoms in total. The van der Waals surface area contributed by atoms with Crippen molar-refractivity contribution in [2.45, 2.75) is 0 Å². The SMILES string of the molecule is C=CCNC(=O)c1ccc(F)cc1N. The van der Waals surface area contributed by atoms with Gasteiger partial charge in [-0.05, 0) is 18.2 Å². The third-order valence-corrected chi connectivity index (χ3v) is 1.67. The second kappa shape index (κ2) is 4.41. The first-order valence-corrected chi connectivity index (χ1v) is 4.09. The average Bonchev–Trinajstić information content (AvgIpc) is 2.14. The van der Waals surface area contributed by atoms with E-state index in [0.29, 0.717) is 6.54 Å². The number of carbonyl (C=O) groups is 1. The second-order valence-electron chi connectivity index (χ2n) is 2.73. The van der Waals surface area contributed by atoms with Crippen LogP contribution in [0, 0.1) is 5.82 Å². The minimum Gasteiger partial charge on any atom is -0.398 e. The van der Waals surface area contributed by atoms with E-state index in [1.807, 2.05) is 0 Å². The van der Waals surface area contributed by atoms with E-state index in [-0.39, 0.29) is 17.2 Å². The molecule has 74 valence electrons. The first-order valence-electron chi connectivity index (χ1n) is 4.09. The van der Waals surface area contributed by atoms with Crippen LogP contribution in [-0.4, -0.2) is 12.5 Å². The van der Waals surface area contributed by atoms with Crippen molar-refractivity contribution in [1.29, 1.82) is 0 Å². The molecule has 3 N–H and O–H groups in total. The summed E-state index contributed by atoms with van der Waals surface area (Å²) < 4.78 is 12.6. The average molecular weight is 194 g/mol. The molecule has 0 atom stereocenters. The lowest BCUT2D eigenvalue weighted by Crippen LogP contribution is -2.24. The lowest BCUT2D eigenvalue weighted by atomic mass is 10.1. The molecule has 0 aliphatic heterocycles. The van der Waals surface area contributed by atoms with Gasteiger partial charge in [-0.25, -0.2) is 4.39 Å². The highest BCUT2D eigenvalue weighted by Gasteiger charge is 2.08. The van der Waals surface area contributed by atoms with Gasteiger partial charge in [-0.15, -0.1) is 6.58 Å². The molecule has 0 aromatic heterocycles. The van der Waals surface area contributed by atoms with E-state index in [9.17, 15) is 9.18 Å². The van der Waals surface area contributed by atoms with E-state index in [2.05, 4.69) is 11.9 Å². The standard InChI is InChI=1S/C10H11FN2O/c1-2-5-13-10(14)8-4-3-7(11)6-9(8)12/h2-4,6H,1,5,12H2,(H,13,14). The Morgan fingerprint density at radius 1 is 1.64 bits per heavy atom. The zero-order valence-corrected chi connectivity index (χ0v) is 7.59. The minimum absolute atomic E-state index is 0.131. The largest absolute Gasteiger partial charge is 0.398 e. The van der Waals surface area contributed by atoms with E-state index in [1.165, 1.54) is 12.1 Å². The maximum atomic E-state index is 12.6. The molecular formula is C10H11FN2O. The summed E-state index contributed by atoms with van der Waals surface area (Å²) in [5.74, 6) is -0.787. The summed E-state index contributed by atoms with van der Waals surface area (Å²) in [6, 6.07) is 3.66. The van der Waals surface area contributed by atoms with Crippen LogP contribution in [-0.2, 0) is 0 Å². The lowest BCUT2D eigenvalue weighted by molar-refractivity contribution is 0.0959. The quantitative estimate of drug-likeness (QED) is 0.563. The van der Waals surface area contributed by atoms with E-state index >= 15 is 0 Å². The van der Waals surface area contributed by atoms with Crippen molar-refractivity contribution < 1.29 is 9.18 Å². The fourth-order valence-corrected chi connectivity index (χ4v) is 1.00. The highest BCUT2D eigenvalue weighted by Crippen LogP contribution is 2.12. The van der Waals surface area contributed by atoms with Crippen LogP contribution in [0.2, 0.25) is 0 Å². The number of nitrogens with one attached hydrogen (secondary N) is 1. The summed E-state index contributed by atoms with van der Waals surface area (Å²) in [6.45, 7) is 3.81. The van der Waals surface area contributed by atoms with E-state index in [0.717, 1.165) is 6.07 Å². The van der Waals surface area contributed by atoms with Gasteiger partial charge in [-0.1, -0.05) is 6.08 Å². The molecule has 1 aromatic carbocycles. The Hall–Kier alpha value is -1.84. The highest BCUT2D eigenvalue weighted by atomic mass is 19.1. The number of rotatable bonds is 3. The zero-order valence-electron chi connectivity index (χ0n) is 7.59. The fourth-order valence-electron chi connectivity index (χ4n) is 1.00. The third-order valence-electron chi connectivity index (χ3n) is 1.67. The molecule has 0 saturated carbocycles. The van der Waals surface area contributed by atoms with Gasteiger partial charge in [0.2, 0.25) is 0 Å². The summed E-state index contributed by atoms with van der Waals surface area (Å²) in [4.78, 5) is 11.4. The summed E-state index contributed by atoms with van der Waals surface area (Å²) in [5, 5.41) is 2.55. The maximum Gasteiger partial charge on any atom is 0.253 e. The molecule has 0 unspecified atom stereocenters. The summed E-state index contributed by atoms with van der Waals surface area (Å²) >= 11 is 0. The van der Waals surface area contributed by atoms with Crippen molar-refractivity contribution >= 4 is 11.6 Å². The number of hydrogen-bond acceptors (Lipinski definition) is 2. The predicted molar refractivity (Wildman–Crippen MR) is 53.3 cm³/mol. The van der Waals surface area contributed by atoms with Crippen LogP contribution in [0.25, 0.3) is 0 Å². The Kier molecular flexibility index (Phi) is 3.23. The van der Waals surface area contributed by atoms with Crippen LogP contribution in [0.5, 0.6) is 0 Å². The Labute approximate surface area is 81.4 Å². The third kappa shape index (κ3) is 2.32.